The molecular formula is C23H22BrN3O4S. The number of hydrazone groups is 1. The molecule has 3 aromatic carbocycles. The summed E-state index contributed by atoms with van der Waals surface area (Å²) in [4.78, 5) is 12.7. The highest BCUT2D eigenvalue weighted by Gasteiger charge is 2.27. The Morgan fingerprint density at radius 3 is 2.22 bits per heavy atom. The van der Waals surface area contributed by atoms with Crippen LogP contribution < -0.4 is 14.5 Å². The number of hydrogen-bond acceptors (Lipinski definition) is 5. The van der Waals surface area contributed by atoms with Gasteiger partial charge in [0.2, 0.25) is 0 Å². The molecule has 0 fully saturated rings. The minimum absolute atomic E-state index is 0.0913. The molecule has 0 heterocycles. The number of ether oxygens (including phenoxy) is 1. The van der Waals surface area contributed by atoms with E-state index in [2.05, 4.69) is 26.5 Å². The molecule has 3 rings (SSSR count). The van der Waals surface area contributed by atoms with E-state index < -0.39 is 22.5 Å². The smallest absolute Gasteiger partial charge is 0.264 e. The fourth-order valence-corrected chi connectivity index (χ4v) is 4.56. The second kappa shape index (κ2) is 10.4. The molecule has 0 saturated carbocycles. The minimum Gasteiger partial charge on any atom is -0.497 e. The average Bonchev–Trinajstić information content (AvgIpc) is 2.82. The van der Waals surface area contributed by atoms with Crippen LogP contribution in [0.1, 0.15) is 12.5 Å². The molecule has 3 aromatic rings. The van der Waals surface area contributed by atoms with Gasteiger partial charge in [0.05, 0.1) is 23.4 Å². The van der Waals surface area contributed by atoms with E-state index in [1.165, 1.54) is 12.1 Å². The van der Waals surface area contributed by atoms with Crippen LogP contribution in [0.15, 0.2) is 93.3 Å². The molecule has 0 radical (unpaired) electrons. The summed E-state index contributed by atoms with van der Waals surface area (Å²) in [6.45, 7) is 1.31. The number of nitrogens with zero attached hydrogens (tertiary/aromatic N) is 2. The molecule has 0 aliphatic heterocycles. The predicted molar refractivity (Wildman–Crippen MR) is 128 cm³/mol. The highest BCUT2D eigenvalue weighted by atomic mass is 79.9. The molecule has 0 aromatic heterocycles. The zero-order valence-corrected chi connectivity index (χ0v) is 19.9. The Morgan fingerprint density at radius 1 is 1.00 bits per heavy atom. The first kappa shape index (κ1) is 23.5. The number of methoxy groups -OCH3 is 1. The lowest BCUT2D eigenvalue weighted by molar-refractivity contribution is -0.119. The summed E-state index contributed by atoms with van der Waals surface area (Å²) in [5, 5.41) is 4.11. The molecule has 0 saturated heterocycles. The summed E-state index contributed by atoms with van der Waals surface area (Å²) in [7, 11) is -2.39. The Morgan fingerprint density at radius 2 is 1.62 bits per heavy atom. The number of hydrogen-bond donors (Lipinski definition) is 1. The highest BCUT2D eigenvalue weighted by Crippen LogP contribution is 2.25. The molecule has 0 unspecified atom stereocenters. The maximum absolute atomic E-state index is 13.3. The van der Waals surface area contributed by atoms with Gasteiger partial charge >= 0.3 is 0 Å². The van der Waals surface area contributed by atoms with Crippen molar-refractivity contribution in [3.63, 3.8) is 0 Å². The van der Waals surface area contributed by atoms with Gasteiger partial charge in [0.1, 0.15) is 12.3 Å². The molecule has 0 aliphatic carbocycles. The average molecular weight is 516 g/mol. The van der Waals surface area contributed by atoms with E-state index >= 15 is 0 Å². The van der Waals surface area contributed by atoms with Gasteiger partial charge in [0, 0.05) is 4.47 Å². The van der Waals surface area contributed by atoms with Crippen molar-refractivity contribution < 1.29 is 17.9 Å². The lowest BCUT2D eigenvalue weighted by Gasteiger charge is -2.23. The molecule has 1 amide bonds. The molecular weight excluding hydrogens is 494 g/mol. The summed E-state index contributed by atoms with van der Waals surface area (Å²) in [6, 6.07) is 21.9. The van der Waals surface area contributed by atoms with Crippen LogP contribution in [0, 0.1) is 0 Å². The van der Waals surface area contributed by atoms with Crippen LogP contribution >= 0.6 is 15.9 Å². The van der Waals surface area contributed by atoms with Crippen molar-refractivity contribution in [3.8, 4) is 5.75 Å². The van der Waals surface area contributed by atoms with Gasteiger partial charge in [-0.15, -0.1) is 0 Å². The van der Waals surface area contributed by atoms with Crippen molar-refractivity contribution in [1.82, 2.24) is 5.43 Å². The van der Waals surface area contributed by atoms with Crippen molar-refractivity contribution in [2.24, 2.45) is 5.10 Å². The van der Waals surface area contributed by atoms with E-state index in [1.54, 1.807) is 68.6 Å². The monoisotopic (exact) mass is 515 g/mol. The lowest BCUT2D eigenvalue weighted by Crippen LogP contribution is -2.39. The topological polar surface area (TPSA) is 88.1 Å². The van der Waals surface area contributed by atoms with Crippen molar-refractivity contribution in [3.05, 3.63) is 88.9 Å². The van der Waals surface area contributed by atoms with Crippen LogP contribution in [-0.4, -0.2) is 33.7 Å². The molecule has 0 spiro atoms. The largest absolute Gasteiger partial charge is 0.497 e. The van der Waals surface area contributed by atoms with Gasteiger partial charge in [-0.2, -0.15) is 5.10 Å². The predicted octanol–water partition coefficient (Wildman–Crippen LogP) is 4.19. The quantitative estimate of drug-likeness (QED) is 0.359. The Bertz CT molecular complexity index is 1200. The Kier molecular flexibility index (Phi) is 7.66. The highest BCUT2D eigenvalue weighted by molar-refractivity contribution is 9.10. The van der Waals surface area contributed by atoms with Crippen molar-refractivity contribution in [1.29, 1.82) is 0 Å². The van der Waals surface area contributed by atoms with Crippen LogP contribution in [-0.2, 0) is 14.8 Å². The third-order valence-corrected chi connectivity index (χ3v) is 6.91. The second-order valence-corrected chi connectivity index (χ2v) is 9.54. The molecule has 0 aliphatic rings. The standard InChI is InChI=1S/C23H22BrN3O4S/c1-17(18-8-14-21(31-2)15-9-18)25-26-23(28)16-27(20-12-10-19(24)11-13-20)32(29,30)22-6-4-3-5-7-22/h3-15H,16H2,1-2H3,(H,26,28)/b25-17-. The molecule has 9 heteroatoms. The van der Waals surface area contributed by atoms with Crippen molar-refractivity contribution >= 4 is 43.3 Å². The molecule has 1 N–H and O–H groups in total. The number of nitrogens with one attached hydrogen (secondary N) is 1. The normalized spacial score (nSPS) is 11.7. The first-order valence-electron chi connectivity index (χ1n) is 9.62. The van der Waals surface area contributed by atoms with E-state index in [0.29, 0.717) is 17.1 Å². The van der Waals surface area contributed by atoms with Crippen molar-refractivity contribution in [2.75, 3.05) is 18.0 Å². The lowest BCUT2D eigenvalue weighted by atomic mass is 10.1. The summed E-state index contributed by atoms with van der Waals surface area (Å²) in [5.74, 6) is 0.141. The molecule has 0 atom stereocenters. The van der Waals surface area contributed by atoms with E-state index in [9.17, 15) is 13.2 Å². The van der Waals surface area contributed by atoms with Gasteiger partial charge in [-0.25, -0.2) is 13.8 Å². The van der Waals surface area contributed by atoms with Crippen LogP contribution in [0.3, 0.4) is 0 Å². The fraction of sp³-hybridized carbons (Fsp3) is 0.130. The van der Waals surface area contributed by atoms with Gasteiger partial charge in [-0.05, 0) is 73.2 Å². The first-order valence-corrected chi connectivity index (χ1v) is 11.9. The number of carbonyl (C=O) groups is 1. The van der Waals surface area contributed by atoms with Crippen LogP contribution in [0.5, 0.6) is 5.75 Å². The number of amides is 1. The van der Waals surface area contributed by atoms with E-state index in [4.69, 9.17) is 4.74 Å². The van der Waals surface area contributed by atoms with E-state index in [-0.39, 0.29) is 4.90 Å². The zero-order chi connectivity index (χ0) is 23.1. The molecule has 166 valence electrons. The van der Waals surface area contributed by atoms with Gasteiger partial charge in [-0.3, -0.25) is 9.10 Å². The third-order valence-electron chi connectivity index (χ3n) is 4.59. The SMILES string of the molecule is COc1ccc(/C(C)=N\NC(=O)CN(c2ccc(Br)cc2)S(=O)(=O)c2ccccc2)cc1. The van der Waals surface area contributed by atoms with Crippen LogP contribution in [0.25, 0.3) is 0 Å². The summed E-state index contributed by atoms with van der Waals surface area (Å²) in [6.07, 6.45) is 0. The number of rotatable bonds is 8. The van der Waals surface area contributed by atoms with E-state index in [0.717, 1.165) is 14.3 Å². The first-order chi connectivity index (χ1) is 15.3. The third kappa shape index (κ3) is 5.74. The zero-order valence-electron chi connectivity index (χ0n) is 17.5. The van der Waals surface area contributed by atoms with Crippen molar-refractivity contribution in [2.45, 2.75) is 11.8 Å². The Balaban J connectivity index is 1.82. The number of carbonyl (C=O) groups excluding carboxylic acids is 1. The second-order valence-electron chi connectivity index (χ2n) is 6.76. The minimum atomic E-state index is -3.97. The molecule has 0 bridgehead atoms. The Labute approximate surface area is 195 Å². The van der Waals surface area contributed by atoms with Crippen LogP contribution in [0.2, 0.25) is 0 Å². The Hall–Kier alpha value is -3.17. The maximum atomic E-state index is 13.3. The summed E-state index contributed by atoms with van der Waals surface area (Å²) < 4.78 is 33.5. The number of halogens is 1. The van der Waals surface area contributed by atoms with Crippen LogP contribution in [0.4, 0.5) is 5.69 Å². The fourth-order valence-electron chi connectivity index (χ4n) is 2.85. The van der Waals surface area contributed by atoms with Gasteiger partial charge < -0.3 is 4.74 Å². The number of benzene rings is 3. The van der Waals surface area contributed by atoms with E-state index in [1.807, 2.05) is 12.1 Å². The number of sulfonamides is 1. The van der Waals surface area contributed by atoms with Gasteiger partial charge in [0.25, 0.3) is 15.9 Å². The maximum Gasteiger partial charge on any atom is 0.264 e. The number of anilines is 1. The summed E-state index contributed by atoms with van der Waals surface area (Å²) >= 11 is 3.34. The molecule has 32 heavy (non-hydrogen) atoms. The summed E-state index contributed by atoms with van der Waals surface area (Å²) in [5.41, 5.74) is 4.18. The van der Waals surface area contributed by atoms with Gasteiger partial charge in [-0.1, -0.05) is 34.1 Å². The van der Waals surface area contributed by atoms with Gasteiger partial charge in [0.15, 0.2) is 0 Å². The molecule has 7 nitrogen and oxygen atoms in total.